The van der Waals surface area contributed by atoms with Gasteiger partial charge < -0.3 is 0 Å². The van der Waals surface area contributed by atoms with E-state index in [2.05, 4.69) is 19.6 Å². The van der Waals surface area contributed by atoms with Crippen molar-refractivity contribution in [2.45, 2.75) is 31.3 Å². The molecular formula is C12H18O3SSi. The highest BCUT2D eigenvalue weighted by Crippen LogP contribution is 2.52. The summed E-state index contributed by atoms with van der Waals surface area (Å²) in [6.45, 7) is 6.38. The molecule has 0 aliphatic heterocycles. The lowest BCUT2D eigenvalue weighted by Gasteiger charge is -2.45. The third-order valence-corrected chi connectivity index (χ3v) is 5.69. The average molecular weight is 271 g/mol. The fourth-order valence-corrected chi connectivity index (χ4v) is 5.09. The van der Waals surface area contributed by atoms with Crippen LogP contribution in [-0.4, -0.2) is 22.7 Å². The van der Waals surface area contributed by atoms with Crippen molar-refractivity contribution in [1.29, 1.82) is 0 Å². The minimum atomic E-state index is -3.64. The van der Waals surface area contributed by atoms with E-state index in [0.29, 0.717) is 5.56 Å². The van der Waals surface area contributed by atoms with E-state index in [1.165, 1.54) is 0 Å². The Labute approximate surface area is 105 Å². The van der Waals surface area contributed by atoms with Crippen LogP contribution in [0.15, 0.2) is 24.3 Å². The second kappa shape index (κ2) is 3.93. The summed E-state index contributed by atoms with van der Waals surface area (Å²) in [6.07, 6.45) is -0.430. The van der Waals surface area contributed by atoms with E-state index in [4.69, 9.17) is 5.55 Å². The van der Waals surface area contributed by atoms with Crippen LogP contribution in [0.1, 0.15) is 24.1 Å². The summed E-state index contributed by atoms with van der Waals surface area (Å²) in [7, 11) is -5.38. The molecule has 0 aromatic heterocycles. The molecule has 0 N–H and O–H groups in total. The van der Waals surface area contributed by atoms with Crippen LogP contribution < -0.4 is 0 Å². The Kier molecular flexibility index (Phi) is 2.65. The van der Waals surface area contributed by atoms with Gasteiger partial charge in [0.2, 0.25) is 0 Å². The van der Waals surface area contributed by atoms with Gasteiger partial charge in [-0.1, -0.05) is 43.9 Å². The van der Waals surface area contributed by atoms with Crippen LogP contribution in [0.25, 0.3) is 0 Å². The first-order valence-electron chi connectivity index (χ1n) is 6.06. The fourth-order valence-electron chi connectivity index (χ4n) is 2.31. The van der Waals surface area contributed by atoms with Crippen molar-refractivity contribution in [2.24, 2.45) is 0 Å². The maximum Gasteiger partial charge on any atom is 0.264 e. The summed E-state index contributed by atoms with van der Waals surface area (Å²) in [5.41, 5.74) is 1.63. The van der Waals surface area contributed by atoms with Crippen LogP contribution in [0.4, 0.5) is 0 Å². The smallest absolute Gasteiger partial charge is 0.262 e. The van der Waals surface area contributed by atoms with Crippen molar-refractivity contribution in [3.05, 3.63) is 35.4 Å². The van der Waals surface area contributed by atoms with Crippen molar-refractivity contribution >= 4 is 18.2 Å². The number of fused-ring (bicyclic) bond motifs is 1. The summed E-state index contributed by atoms with van der Waals surface area (Å²) in [5, 5.41) is 0. The van der Waals surface area contributed by atoms with Crippen molar-refractivity contribution in [3.63, 3.8) is 0 Å². The first-order chi connectivity index (χ1) is 8.06. The zero-order valence-corrected chi connectivity index (χ0v) is 12.3. The van der Waals surface area contributed by atoms with E-state index in [1.54, 1.807) is 6.07 Å². The van der Waals surface area contributed by atoms with E-state index in [0.717, 1.165) is 11.8 Å². The van der Waals surface area contributed by atoms with Gasteiger partial charge in [-0.3, -0.25) is 4.18 Å². The molecular weight excluding hydrogens is 252 g/mol. The summed E-state index contributed by atoms with van der Waals surface area (Å²) in [4.78, 5) is 0. The fraction of sp³-hybridized carbons (Fsp3) is 0.500. The van der Waals surface area contributed by atoms with Gasteiger partial charge in [0, 0.05) is 5.54 Å². The van der Waals surface area contributed by atoms with Crippen LogP contribution in [0.3, 0.4) is 0 Å². The SMILES string of the molecule is [2H]C1(OS(C)(=O)=O)c2ccccc2C1[Si](C)(C)C. The Hall–Kier alpha value is -0.653. The highest BCUT2D eigenvalue weighted by atomic mass is 32.2. The van der Waals surface area contributed by atoms with Gasteiger partial charge in [-0.25, -0.2) is 0 Å². The lowest BCUT2D eigenvalue weighted by molar-refractivity contribution is 0.180. The molecule has 0 amide bonds. The normalized spacial score (nSPS) is 29.2. The predicted octanol–water partition coefficient (Wildman–Crippen LogP) is 2.68. The Morgan fingerprint density at radius 2 is 1.76 bits per heavy atom. The van der Waals surface area contributed by atoms with Crippen molar-refractivity contribution in [2.75, 3.05) is 6.26 Å². The van der Waals surface area contributed by atoms with Gasteiger partial charge >= 0.3 is 0 Å². The molecule has 0 spiro atoms. The molecule has 0 saturated carbocycles. The summed E-state index contributed by atoms with van der Waals surface area (Å²) in [6, 6.07) is 7.49. The van der Waals surface area contributed by atoms with Crippen LogP contribution in [0, 0.1) is 0 Å². The monoisotopic (exact) mass is 271 g/mol. The van der Waals surface area contributed by atoms with Crippen LogP contribution >= 0.6 is 0 Å². The van der Waals surface area contributed by atoms with Crippen molar-refractivity contribution < 1.29 is 14.0 Å². The molecule has 1 aliphatic carbocycles. The molecule has 0 bridgehead atoms. The molecule has 2 atom stereocenters. The van der Waals surface area contributed by atoms with E-state index >= 15 is 0 Å². The average Bonchev–Trinajstić information content (AvgIpc) is 2.11. The maximum absolute atomic E-state index is 11.4. The standard InChI is InChI=1S/C12H18O3SSi/c1-16(13,14)15-11-9-7-5-6-8-10(9)12(11)17(2,3)4/h5-8,11-12H,1-4H3/i11D. The van der Waals surface area contributed by atoms with E-state index in [9.17, 15) is 8.42 Å². The van der Waals surface area contributed by atoms with Crippen LogP contribution in [-0.2, 0) is 14.3 Å². The van der Waals surface area contributed by atoms with Gasteiger partial charge in [0.1, 0.15) is 6.08 Å². The Balaban J connectivity index is 2.53. The van der Waals surface area contributed by atoms with Crippen LogP contribution in [0.2, 0.25) is 19.6 Å². The van der Waals surface area contributed by atoms with E-state index in [1.807, 2.05) is 18.2 Å². The number of hydrogen-bond acceptors (Lipinski definition) is 3. The Morgan fingerprint density at radius 3 is 2.24 bits per heavy atom. The Morgan fingerprint density at radius 1 is 1.24 bits per heavy atom. The molecule has 5 heteroatoms. The molecule has 1 aromatic rings. The highest BCUT2D eigenvalue weighted by Gasteiger charge is 2.47. The molecule has 94 valence electrons. The second-order valence-electron chi connectivity index (χ2n) is 5.54. The van der Waals surface area contributed by atoms with Gasteiger partial charge in [0.05, 0.1) is 15.7 Å². The summed E-state index contributed by atoms with van der Waals surface area (Å²) in [5.74, 6) is 0. The molecule has 0 radical (unpaired) electrons. The minimum absolute atomic E-state index is 0.115. The van der Waals surface area contributed by atoms with Crippen molar-refractivity contribution in [3.8, 4) is 0 Å². The molecule has 1 aromatic carbocycles. The van der Waals surface area contributed by atoms with Gasteiger partial charge in [-0.05, 0) is 11.1 Å². The van der Waals surface area contributed by atoms with Crippen molar-refractivity contribution in [1.82, 2.24) is 0 Å². The Bertz CT molecular complexity index is 579. The maximum atomic E-state index is 11.4. The van der Waals surface area contributed by atoms with E-state index in [-0.39, 0.29) is 5.54 Å². The lowest BCUT2D eigenvalue weighted by Crippen LogP contribution is -2.43. The third-order valence-electron chi connectivity index (χ3n) is 2.91. The lowest BCUT2D eigenvalue weighted by atomic mass is 9.85. The third kappa shape index (κ3) is 2.46. The largest absolute Gasteiger partial charge is 0.264 e. The predicted molar refractivity (Wildman–Crippen MR) is 71.2 cm³/mol. The molecule has 0 saturated heterocycles. The summed E-state index contributed by atoms with van der Waals surface area (Å²) >= 11 is 0. The van der Waals surface area contributed by atoms with Gasteiger partial charge in [0.15, 0.2) is 0 Å². The number of hydrogen-bond donors (Lipinski definition) is 0. The van der Waals surface area contributed by atoms with E-state index < -0.39 is 24.3 Å². The first-order valence-corrected chi connectivity index (χ1v) is 10.9. The molecule has 2 unspecified atom stereocenters. The van der Waals surface area contributed by atoms with Crippen LogP contribution in [0.5, 0.6) is 0 Å². The molecule has 17 heavy (non-hydrogen) atoms. The molecule has 1 aliphatic rings. The highest BCUT2D eigenvalue weighted by molar-refractivity contribution is 7.86. The van der Waals surface area contributed by atoms with Gasteiger partial charge in [0.25, 0.3) is 10.1 Å². The van der Waals surface area contributed by atoms with Gasteiger partial charge in [-0.15, -0.1) is 0 Å². The summed E-state index contributed by atoms with van der Waals surface area (Å²) < 4.78 is 36.3. The first kappa shape index (κ1) is 11.4. The zero-order chi connectivity index (χ0) is 13.8. The minimum Gasteiger partial charge on any atom is -0.262 e. The molecule has 0 heterocycles. The number of rotatable bonds is 3. The zero-order valence-electron chi connectivity index (χ0n) is 11.5. The van der Waals surface area contributed by atoms with Gasteiger partial charge in [-0.2, -0.15) is 8.42 Å². The molecule has 2 rings (SSSR count). The molecule has 3 nitrogen and oxygen atoms in total. The topological polar surface area (TPSA) is 43.4 Å². The number of benzene rings is 1. The molecule has 0 fully saturated rings. The quantitative estimate of drug-likeness (QED) is 0.627. The second-order valence-corrected chi connectivity index (χ2v) is 12.4.